The second kappa shape index (κ2) is 6.05. The van der Waals surface area contributed by atoms with Crippen molar-refractivity contribution in [3.05, 3.63) is 30.0 Å². The van der Waals surface area contributed by atoms with Gasteiger partial charge in [0.25, 0.3) is 0 Å². The molecule has 0 fully saturated rings. The Morgan fingerprint density at radius 1 is 1.19 bits per heavy atom. The second-order valence-electron chi connectivity index (χ2n) is 3.50. The second-order valence-corrected chi connectivity index (χ2v) is 3.50. The summed E-state index contributed by atoms with van der Waals surface area (Å²) in [4.78, 5) is 2.11. The van der Waals surface area contributed by atoms with Gasteiger partial charge in [-0.1, -0.05) is 6.07 Å². The number of hydrogen-bond acceptors (Lipinski definition) is 3. The van der Waals surface area contributed by atoms with Crippen molar-refractivity contribution >= 4 is 6.08 Å². The van der Waals surface area contributed by atoms with Crippen molar-refractivity contribution in [2.24, 2.45) is 0 Å². The maximum Gasteiger partial charge on any atom is 0.161 e. The van der Waals surface area contributed by atoms with Crippen LogP contribution in [0.5, 0.6) is 11.5 Å². The third-order valence-corrected chi connectivity index (χ3v) is 2.43. The first-order valence-electron chi connectivity index (χ1n) is 5.31. The molecule has 1 aromatic rings. The third-order valence-electron chi connectivity index (χ3n) is 2.43. The van der Waals surface area contributed by atoms with E-state index in [9.17, 15) is 0 Å². The van der Waals surface area contributed by atoms with Crippen molar-refractivity contribution < 1.29 is 9.47 Å². The van der Waals surface area contributed by atoms with E-state index < -0.39 is 0 Å². The average Bonchev–Trinajstić information content (AvgIpc) is 2.35. The van der Waals surface area contributed by atoms with Gasteiger partial charge in [-0.05, 0) is 36.9 Å². The molecule has 1 aromatic carbocycles. The molecule has 0 unspecified atom stereocenters. The Morgan fingerprint density at radius 2 is 1.88 bits per heavy atom. The first-order chi connectivity index (χ1) is 7.71. The average molecular weight is 221 g/mol. The molecule has 0 spiro atoms. The number of benzene rings is 1. The number of rotatable bonds is 5. The van der Waals surface area contributed by atoms with E-state index in [0.29, 0.717) is 0 Å². The Hall–Kier alpha value is -1.64. The van der Waals surface area contributed by atoms with E-state index >= 15 is 0 Å². The number of nitrogens with zero attached hydrogens (tertiary/aromatic N) is 1. The van der Waals surface area contributed by atoms with Crippen molar-refractivity contribution in [1.82, 2.24) is 4.90 Å². The highest BCUT2D eigenvalue weighted by atomic mass is 16.5. The van der Waals surface area contributed by atoms with Crippen molar-refractivity contribution in [1.29, 1.82) is 0 Å². The molecule has 0 amide bonds. The van der Waals surface area contributed by atoms with Crippen LogP contribution in [0.25, 0.3) is 6.08 Å². The molecule has 0 atom stereocenters. The molecule has 88 valence electrons. The number of ether oxygens (including phenoxy) is 2. The van der Waals surface area contributed by atoms with Gasteiger partial charge in [0.05, 0.1) is 14.2 Å². The van der Waals surface area contributed by atoms with Gasteiger partial charge >= 0.3 is 0 Å². The zero-order valence-electron chi connectivity index (χ0n) is 10.4. The maximum atomic E-state index is 5.24. The lowest BCUT2D eigenvalue weighted by Crippen LogP contribution is -2.07. The van der Waals surface area contributed by atoms with Gasteiger partial charge in [-0.15, -0.1) is 0 Å². The van der Waals surface area contributed by atoms with Crippen LogP contribution in [0.2, 0.25) is 0 Å². The standard InChI is InChI=1S/C13H19NO2/c1-5-14(2)9-8-11-6-7-12(15-3)13(10-11)16-4/h6-10H,5H2,1-4H3. The molecule has 0 bridgehead atoms. The predicted octanol–water partition coefficient (Wildman–Crippen LogP) is 2.63. The van der Waals surface area contributed by atoms with E-state index in [4.69, 9.17) is 9.47 Å². The van der Waals surface area contributed by atoms with Crippen molar-refractivity contribution in [2.45, 2.75) is 6.92 Å². The molecule has 0 saturated carbocycles. The minimum Gasteiger partial charge on any atom is -0.493 e. The van der Waals surface area contributed by atoms with E-state index in [1.54, 1.807) is 14.2 Å². The number of hydrogen-bond donors (Lipinski definition) is 0. The van der Waals surface area contributed by atoms with Crippen molar-refractivity contribution in [3.8, 4) is 11.5 Å². The van der Waals surface area contributed by atoms with E-state index in [1.165, 1.54) is 0 Å². The molecule has 0 aromatic heterocycles. The molecule has 0 radical (unpaired) electrons. The summed E-state index contributed by atoms with van der Waals surface area (Å²) in [5.41, 5.74) is 1.10. The van der Waals surface area contributed by atoms with Gasteiger partial charge in [-0.3, -0.25) is 0 Å². The minimum absolute atomic E-state index is 0.753. The summed E-state index contributed by atoms with van der Waals surface area (Å²) >= 11 is 0. The van der Waals surface area contributed by atoms with Gasteiger partial charge < -0.3 is 14.4 Å². The minimum atomic E-state index is 0.753. The van der Waals surface area contributed by atoms with Gasteiger partial charge in [0.15, 0.2) is 11.5 Å². The molecule has 0 aliphatic carbocycles. The monoisotopic (exact) mass is 221 g/mol. The van der Waals surface area contributed by atoms with Crippen LogP contribution in [0.15, 0.2) is 24.4 Å². The fourth-order valence-corrected chi connectivity index (χ4v) is 1.28. The topological polar surface area (TPSA) is 21.7 Å². The van der Waals surface area contributed by atoms with E-state index in [2.05, 4.69) is 11.8 Å². The summed E-state index contributed by atoms with van der Waals surface area (Å²) in [6, 6.07) is 5.87. The molecule has 16 heavy (non-hydrogen) atoms. The summed E-state index contributed by atoms with van der Waals surface area (Å²) in [5, 5.41) is 0. The summed E-state index contributed by atoms with van der Waals surface area (Å²) in [6.07, 6.45) is 4.09. The molecule has 3 nitrogen and oxygen atoms in total. The van der Waals surface area contributed by atoms with Gasteiger partial charge in [0, 0.05) is 13.6 Å². The Bertz CT molecular complexity index is 361. The molecular formula is C13H19NO2. The largest absolute Gasteiger partial charge is 0.493 e. The van der Waals surface area contributed by atoms with Crippen LogP contribution in [0.4, 0.5) is 0 Å². The van der Waals surface area contributed by atoms with Crippen LogP contribution in [0.3, 0.4) is 0 Å². The maximum absolute atomic E-state index is 5.24. The smallest absolute Gasteiger partial charge is 0.161 e. The van der Waals surface area contributed by atoms with Gasteiger partial charge in [0.1, 0.15) is 0 Å². The summed E-state index contributed by atoms with van der Waals surface area (Å²) in [5.74, 6) is 1.51. The molecule has 0 saturated heterocycles. The van der Waals surface area contributed by atoms with Crippen LogP contribution >= 0.6 is 0 Å². The van der Waals surface area contributed by atoms with Crippen LogP contribution in [-0.2, 0) is 0 Å². The van der Waals surface area contributed by atoms with Gasteiger partial charge in [0.2, 0.25) is 0 Å². The SMILES string of the molecule is CCN(C)C=Cc1ccc(OC)c(OC)c1. The predicted molar refractivity (Wildman–Crippen MR) is 66.9 cm³/mol. The van der Waals surface area contributed by atoms with Gasteiger partial charge in [-0.2, -0.15) is 0 Å². The highest BCUT2D eigenvalue weighted by Gasteiger charge is 2.02. The molecule has 0 aliphatic rings. The zero-order chi connectivity index (χ0) is 12.0. The Kier molecular flexibility index (Phi) is 4.70. The Labute approximate surface area is 97.3 Å². The van der Waals surface area contributed by atoms with Crippen molar-refractivity contribution in [2.75, 3.05) is 27.8 Å². The first kappa shape index (κ1) is 12.4. The van der Waals surface area contributed by atoms with E-state index in [-0.39, 0.29) is 0 Å². The summed E-state index contributed by atoms with van der Waals surface area (Å²) < 4.78 is 10.4. The van der Waals surface area contributed by atoms with Crippen LogP contribution in [0, 0.1) is 0 Å². The van der Waals surface area contributed by atoms with Crippen molar-refractivity contribution in [3.63, 3.8) is 0 Å². The zero-order valence-corrected chi connectivity index (χ0v) is 10.4. The lowest BCUT2D eigenvalue weighted by Gasteiger charge is -2.10. The van der Waals surface area contributed by atoms with Crippen LogP contribution in [0.1, 0.15) is 12.5 Å². The van der Waals surface area contributed by atoms with Crippen LogP contribution < -0.4 is 9.47 Å². The highest BCUT2D eigenvalue weighted by Crippen LogP contribution is 2.27. The third kappa shape index (κ3) is 3.19. The Morgan fingerprint density at radius 3 is 2.44 bits per heavy atom. The molecule has 3 heteroatoms. The number of methoxy groups -OCH3 is 2. The Balaban J connectivity index is 2.86. The molecule has 0 heterocycles. The van der Waals surface area contributed by atoms with Crippen LogP contribution in [-0.4, -0.2) is 32.7 Å². The molecule has 0 aliphatic heterocycles. The quantitative estimate of drug-likeness (QED) is 0.763. The fourth-order valence-electron chi connectivity index (χ4n) is 1.28. The molecule has 1 rings (SSSR count). The van der Waals surface area contributed by atoms with E-state index in [1.807, 2.05) is 37.5 Å². The van der Waals surface area contributed by atoms with E-state index in [0.717, 1.165) is 23.6 Å². The summed E-state index contributed by atoms with van der Waals surface area (Å²) in [7, 11) is 5.32. The lowest BCUT2D eigenvalue weighted by molar-refractivity contribution is 0.355. The summed E-state index contributed by atoms with van der Waals surface area (Å²) in [6.45, 7) is 3.10. The van der Waals surface area contributed by atoms with Gasteiger partial charge in [-0.25, -0.2) is 0 Å². The lowest BCUT2D eigenvalue weighted by atomic mass is 10.2. The fraction of sp³-hybridized carbons (Fsp3) is 0.385. The highest BCUT2D eigenvalue weighted by molar-refractivity contribution is 5.55. The first-order valence-corrected chi connectivity index (χ1v) is 5.31. The normalized spacial score (nSPS) is 10.5. The molecular weight excluding hydrogens is 202 g/mol. The molecule has 0 N–H and O–H groups in total.